The number of hydrogen-bond acceptors (Lipinski definition) is 5. The highest BCUT2D eigenvalue weighted by Gasteiger charge is 2.43. The number of ether oxygens (including phenoxy) is 2. The molecule has 7 nitrogen and oxygen atoms in total. The highest BCUT2D eigenvalue weighted by molar-refractivity contribution is 6.22. The molecule has 7 heteroatoms. The molecule has 0 aliphatic carbocycles. The van der Waals surface area contributed by atoms with Crippen molar-refractivity contribution in [3.05, 3.63) is 58.7 Å². The Kier molecular flexibility index (Phi) is 4.68. The maximum Gasteiger partial charge on any atom is 0.262 e. The number of hydrogen-bond donors (Lipinski definition) is 0. The van der Waals surface area contributed by atoms with Crippen LogP contribution < -0.4 is 9.47 Å². The minimum atomic E-state index is -0.878. The lowest BCUT2D eigenvalue weighted by molar-refractivity contribution is -0.137. The molecule has 3 amide bonds. The van der Waals surface area contributed by atoms with Gasteiger partial charge in [0.1, 0.15) is 6.04 Å². The molecular weight excluding hydrogens is 396 g/mol. The van der Waals surface area contributed by atoms with E-state index >= 15 is 0 Å². The maximum atomic E-state index is 13.4. The van der Waals surface area contributed by atoms with E-state index in [4.69, 9.17) is 9.47 Å². The van der Waals surface area contributed by atoms with Gasteiger partial charge >= 0.3 is 0 Å². The molecule has 2 aromatic carbocycles. The van der Waals surface area contributed by atoms with Crippen molar-refractivity contribution in [3.63, 3.8) is 0 Å². The van der Waals surface area contributed by atoms with Crippen molar-refractivity contribution < 1.29 is 23.9 Å². The van der Waals surface area contributed by atoms with Gasteiger partial charge in [0.15, 0.2) is 11.5 Å². The first kappa shape index (κ1) is 19.6. The van der Waals surface area contributed by atoms with Crippen LogP contribution in [0.25, 0.3) is 0 Å². The molecular formula is C24H24N2O5. The highest BCUT2D eigenvalue weighted by Crippen LogP contribution is 2.39. The summed E-state index contributed by atoms with van der Waals surface area (Å²) in [7, 11) is 0. The van der Waals surface area contributed by atoms with E-state index in [1.54, 1.807) is 36.1 Å². The molecule has 0 spiro atoms. The van der Waals surface area contributed by atoms with Crippen molar-refractivity contribution in [2.75, 3.05) is 19.8 Å². The van der Waals surface area contributed by atoms with Crippen LogP contribution in [0.3, 0.4) is 0 Å². The summed E-state index contributed by atoms with van der Waals surface area (Å²) in [6.07, 6.45) is 1.51. The maximum absolute atomic E-state index is 13.4. The first-order chi connectivity index (χ1) is 15.0. The molecule has 0 saturated heterocycles. The molecule has 0 aromatic heterocycles. The van der Waals surface area contributed by atoms with Gasteiger partial charge in [-0.05, 0) is 55.7 Å². The standard InChI is InChI=1S/C24H24N2O5/c1-14-19-13-21-20(30-10-5-11-31-21)12-16(19)8-9-25(14)22(27)15(2)26-23(28)17-6-3-4-7-18(17)24(26)29/h3-4,6-7,12-15H,5,8-11H2,1-2H3/t14-,15+/m1/s1. The van der Waals surface area contributed by atoms with Crippen LogP contribution in [0.1, 0.15) is 58.2 Å². The second-order valence-corrected chi connectivity index (χ2v) is 8.21. The minimum absolute atomic E-state index is 0.203. The lowest BCUT2D eigenvalue weighted by atomic mass is 9.92. The van der Waals surface area contributed by atoms with E-state index in [1.807, 2.05) is 19.1 Å². The third-order valence-corrected chi connectivity index (χ3v) is 6.40. The molecule has 0 unspecified atom stereocenters. The number of nitrogens with zero attached hydrogens (tertiary/aromatic N) is 2. The van der Waals surface area contributed by atoms with Crippen molar-refractivity contribution in [3.8, 4) is 11.5 Å². The predicted octanol–water partition coefficient (Wildman–Crippen LogP) is 2.98. The first-order valence-electron chi connectivity index (χ1n) is 10.7. The van der Waals surface area contributed by atoms with Gasteiger partial charge in [-0.2, -0.15) is 0 Å². The lowest BCUT2D eigenvalue weighted by Gasteiger charge is -2.38. The van der Waals surface area contributed by atoms with Crippen LogP contribution in [0.5, 0.6) is 11.5 Å². The Balaban J connectivity index is 1.40. The second kappa shape index (κ2) is 7.41. The summed E-state index contributed by atoms with van der Waals surface area (Å²) < 4.78 is 11.6. The van der Waals surface area contributed by atoms with Crippen molar-refractivity contribution >= 4 is 17.7 Å². The molecule has 5 rings (SSSR count). The van der Waals surface area contributed by atoms with Crippen LogP contribution in [0.4, 0.5) is 0 Å². The molecule has 0 fully saturated rings. The van der Waals surface area contributed by atoms with Crippen molar-refractivity contribution in [2.45, 2.75) is 38.8 Å². The van der Waals surface area contributed by atoms with E-state index in [1.165, 1.54) is 0 Å². The van der Waals surface area contributed by atoms with Gasteiger partial charge in [0.25, 0.3) is 11.8 Å². The summed E-state index contributed by atoms with van der Waals surface area (Å²) in [5.41, 5.74) is 2.85. The van der Waals surface area contributed by atoms with Crippen LogP contribution in [0.2, 0.25) is 0 Å². The third kappa shape index (κ3) is 3.07. The minimum Gasteiger partial charge on any atom is -0.490 e. The SMILES string of the molecule is C[C@@H]1c2cc3c(cc2CCN1C(=O)[C@H](C)N1C(=O)c2ccccc2C1=O)OCCCO3. The Morgan fingerprint density at radius 2 is 1.65 bits per heavy atom. The zero-order chi connectivity index (χ0) is 21.7. The van der Waals surface area contributed by atoms with E-state index in [2.05, 4.69) is 0 Å². The number of carbonyl (C=O) groups excluding carboxylic acids is 3. The van der Waals surface area contributed by atoms with Gasteiger partial charge in [0.2, 0.25) is 5.91 Å². The summed E-state index contributed by atoms with van der Waals surface area (Å²) in [5, 5.41) is 0. The molecule has 0 radical (unpaired) electrons. The van der Waals surface area contributed by atoms with E-state index in [-0.39, 0.29) is 11.9 Å². The number of benzene rings is 2. The smallest absolute Gasteiger partial charge is 0.262 e. The summed E-state index contributed by atoms with van der Waals surface area (Å²) in [5.74, 6) is 0.387. The van der Waals surface area contributed by atoms with E-state index < -0.39 is 17.9 Å². The van der Waals surface area contributed by atoms with Crippen LogP contribution in [0.15, 0.2) is 36.4 Å². The molecule has 3 aliphatic heterocycles. The van der Waals surface area contributed by atoms with E-state index in [9.17, 15) is 14.4 Å². The van der Waals surface area contributed by atoms with Gasteiger partial charge in [-0.1, -0.05) is 12.1 Å². The average molecular weight is 420 g/mol. The molecule has 2 aromatic rings. The Morgan fingerprint density at radius 1 is 1.03 bits per heavy atom. The van der Waals surface area contributed by atoms with Gasteiger partial charge in [0.05, 0.1) is 30.4 Å². The van der Waals surface area contributed by atoms with Gasteiger partial charge in [-0.25, -0.2) is 0 Å². The Bertz CT molecular complexity index is 1060. The number of fused-ring (bicyclic) bond motifs is 3. The van der Waals surface area contributed by atoms with Crippen molar-refractivity contribution in [1.29, 1.82) is 0 Å². The normalized spacial score (nSPS) is 20.8. The highest BCUT2D eigenvalue weighted by atomic mass is 16.5. The molecule has 0 saturated carbocycles. The molecule has 160 valence electrons. The third-order valence-electron chi connectivity index (χ3n) is 6.40. The molecule has 3 aliphatic rings. The fourth-order valence-corrected chi connectivity index (χ4v) is 4.69. The van der Waals surface area contributed by atoms with Gasteiger partial charge in [0, 0.05) is 13.0 Å². The number of amides is 3. The molecule has 0 N–H and O–H groups in total. The quantitative estimate of drug-likeness (QED) is 0.699. The van der Waals surface area contributed by atoms with Gasteiger partial charge in [-0.15, -0.1) is 0 Å². The number of carbonyl (C=O) groups is 3. The van der Waals surface area contributed by atoms with E-state index in [0.29, 0.717) is 43.1 Å². The summed E-state index contributed by atoms with van der Waals surface area (Å²) in [6.45, 7) is 5.33. The van der Waals surface area contributed by atoms with Crippen LogP contribution >= 0.6 is 0 Å². The Morgan fingerprint density at radius 3 is 2.29 bits per heavy atom. The molecule has 0 bridgehead atoms. The fourth-order valence-electron chi connectivity index (χ4n) is 4.69. The summed E-state index contributed by atoms with van der Waals surface area (Å²) in [4.78, 5) is 41.9. The zero-order valence-electron chi connectivity index (χ0n) is 17.6. The number of rotatable bonds is 2. The van der Waals surface area contributed by atoms with Gasteiger partial charge in [-0.3, -0.25) is 19.3 Å². The van der Waals surface area contributed by atoms with Crippen molar-refractivity contribution in [2.24, 2.45) is 0 Å². The van der Waals surface area contributed by atoms with E-state index in [0.717, 1.165) is 28.2 Å². The topological polar surface area (TPSA) is 76.2 Å². The van der Waals surface area contributed by atoms with Crippen molar-refractivity contribution in [1.82, 2.24) is 9.80 Å². The largest absolute Gasteiger partial charge is 0.490 e. The lowest BCUT2D eigenvalue weighted by Crippen LogP contribution is -2.51. The monoisotopic (exact) mass is 420 g/mol. The average Bonchev–Trinajstić information content (AvgIpc) is 2.92. The van der Waals surface area contributed by atoms with Crippen LogP contribution in [0, 0.1) is 0 Å². The number of imide groups is 1. The Hall–Kier alpha value is -3.35. The summed E-state index contributed by atoms with van der Waals surface area (Å²) >= 11 is 0. The predicted molar refractivity (Wildman–Crippen MR) is 112 cm³/mol. The Labute approximate surface area is 180 Å². The van der Waals surface area contributed by atoms with Crippen LogP contribution in [-0.2, 0) is 11.2 Å². The molecule has 2 atom stereocenters. The second-order valence-electron chi connectivity index (χ2n) is 8.21. The zero-order valence-corrected chi connectivity index (χ0v) is 17.6. The first-order valence-corrected chi connectivity index (χ1v) is 10.7. The van der Waals surface area contributed by atoms with Crippen LogP contribution in [-0.4, -0.2) is 53.3 Å². The van der Waals surface area contributed by atoms with Gasteiger partial charge < -0.3 is 14.4 Å². The fraction of sp³-hybridized carbons (Fsp3) is 0.375. The molecule has 31 heavy (non-hydrogen) atoms. The molecule has 3 heterocycles. The summed E-state index contributed by atoms with van der Waals surface area (Å²) in [6, 6.07) is 9.59.